The first-order chi connectivity index (χ1) is 13.5. The van der Waals surface area contributed by atoms with Gasteiger partial charge < -0.3 is 4.57 Å². The normalized spacial score (nSPS) is 15.3. The highest BCUT2D eigenvalue weighted by Gasteiger charge is 2.29. The molecule has 4 heterocycles. The smallest absolute Gasteiger partial charge is 0.149 e. The molecule has 1 aromatic carbocycles. The highest BCUT2D eigenvalue weighted by atomic mass is 19.1. The number of benzene rings is 1. The second-order valence-electron chi connectivity index (χ2n) is 7.71. The molecule has 4 aromatic rings. The Kier molecular flexibility index (Phi) is 3.66. The van der Waals surface area contributed by atoms with Gasteiger partial charge in [-0.05, 0) is 50.2 Å². The first kappa shape index (κ1) is 16.8. The predicted molar refractivity (Wildman–Crippen MR) is 109 cm³/mol. The Labute approximate surface area is 162 Å². The second-order valence-corrected chi connectivity index (χ2v) is 7.71. The van der Waals surface area contributed by atoms with E-state index in [9.17, 15) is 4.39 Å². The summed E-state index contributed by atoms with van der Waals surface area (Å²) in [6, 6.07) is 17.1. The molecule has 0 fully saturated rings. The molecule has 0 saturated heterocycles. The topological polar surface area (TPSA) is 43.1 Å². The molecule has 0 amide bonds. The van der Waals surface area contributed by atoms with Crippen LogP contribution in [0.5, 0.6) is 0 Å². The molecular weight excluding hydrogens is 351 g/mol. The van der Waals surface area contributed by atoms with E-state index in [1.807, 2.05) is 30.3 Å². The third-order valence-electron chi connectivity index (χ3n) is 5.05. The first-order valence-electron chi connectivity index (χ1n) is 9.28. The molecule has 0 radical (unpaired) electrons. The average molecular weight is 370 g/mol. The highest BCUT2D eigenvalue weighted by molar-refractivity contribution is 6.14. The first-order valence-corrected chi connectivity index (χ1v) is 9.28. The SMILES string of the molecule is CC1(C)Cn2c(ccc2-c2ccccn2)C(c2cnc3c(F)cccc3c2)=N1. The van der Waals surface area contributed by atoms with Crippen LogP contribution in [0.15, 0.2) is 72.0 Å². The van der Waals surface area contributed by atoms with E-state index in [1.165, 1.54) is 6.07 Å². The zero-order chi connectivity index (χ0) is 19.3. The molecule has 4 nitrogen and oxygen atoms in total. The Hall–Kier alpha value is -3.34. The maximum atomic E-state index is 14.0. The summed E-state index contributed by atoms with van der Waals surface area (Å²) in [5, 5.41) is 0.770. The number of hydrogen-bond donors (Lipinski definition) is 0. The predicted octanol–water partition coefficient (Wildman–Crippen LogP) is 4.87. The van der Waals surface area contributed by atoms with Gasteiger partial charge in [-0.15, -0.1) is 0 Å². The summed E-state index contributed by atoms with van der Waals surface area (Å²) in [6.45, 7) is 5.00. The van der Waals surface area contributed by atoms with E-state index < -0.39 is 0 Å². The van der Waals surface area contributed by atoms with Crippen molar-refractivity contribution in [2.75, 3.05) is 0 Å². The monoisotopic (exact) mass is 370 g/mol. The van der Waals surface area contributed by atoms with E-state index in [1.54, 1.807) is 18.5 Å². The van der Waals surface area contributed by atoms with Gasteiger partial charge in [-0.25, -0.2) is 4.39 Å². The lowest BCUT2D eigenvalue weighted by Crippen LogP contribution is -2.33. The van der Waals surface area contributed by atoms with Crippen molar-refractivity contribution in [3.63, 3.8) is 0 Å². The molecule has 0 atom stereocenters. The van der Waals surface area contributed by atoms with Crippen LogP contribution in [0.2, 0.25) is 0 Å². The van der Waals surface area contributed by atoms with Crippen molar-refractivity contribution in [1.82, 2.24) is 14.5 Å². The summed E-state index contributed by atoms with van der Waals surface area (Å²) in [5.74, 6) is -0.309. The molecule has 0 spiro atoms. The van der Waals surface area contributed by atoms with Crippen molar-refractivity contribution in [2.45, 2.75) is 25.9 Å². The van der Waals surface area contributed by atoms with Crippen molar-refractivity contribution in [1.29, 1.82) is 0 Å². The molecule has 1 aliphatic rings. The zero-order valence-electron chi connectivity index (χ0n) is 15.7. The number of pyridine rings is 2. The number of para-hydroxylation sites is 1. The van der Waals surface area contributed by atoms with Crippen LogP contribution in [0.25, 0.3) is 22.3 Å². The molecule has 138 valence electrons. The van der Waals surface area contributed by atoms with E-state index in [4.69, 9.17) is 4.99 Å². The van der Waals surface area contributed by atoms with Gasteiger partial charge in [0.05, 0.1) is 28.3 Å². The summed E-state index contributed by atoms with van der Waals surface area (Å²) in [5.41, 5.74) is 4.89. The maximum Gasteiger partial charge on any atom is 0.149 e. The standard InChI is InChI=1S/C23H19FN4/c1-23(2)14-28-19(18-8-3-4-11-25-18)9-10-20(28)22(27-23)16-12-15-6-5-7-17(24)21(15)26-13-16/h3-13H,14H2,1-2H3. The molecule has 0 bridgehead atoms. The summed E-state index contributed by atoms with van der Waals surface area (Å²) in [6.07, 6.45) is 3.52. The lowest BCUT2D eigenvalue weighted by Gasteiger charge is -2.30. The number of halogens is 1. The van der Waals surface area contributed by atoms with Gasteiger partial charge in [0.15, 0.2) is 0 Å². The number of rotatable bonds is 2. The number of hydrogen-bond acceptors (Lipinski definition) is 3. The molecular formula is C23H19FN4. The van der Waals surface area contributed by atoms with E-state index in [-0.39, 0.29) is 11.4 Å². The van der Waals surface area contributed by atoms with Crippen molar-refractivity contribution in [3.8, 4) is 11.4 Å². The van der Waals surface area contributed by atoms with Crippen LogP contribution in [0, 0.1) is 5.82 Å². The van der Waals surface area contributed by atoms with Crippen LogP contribution in [0.1, 0.15) is 25.1 Å². The van der Waals surface area contributed by atoms with E-state index in [0.717, 1.165) is 40.3 Å². The Morgan fingerprint density at radius 3 is 2.64 bits per heavy atom. The van der Waals surface area contributed by atoms with Crippen molar-refractivity contribution < 1.29 is 4.39 Å². The molecule has 3 aromatic heterocycles. The molecule has 0 aliphatic carbocycles. The minimum atomic E-state index is -0.309. The average Bonchev–Trinajstić information content (AvgIpc) is 3.10. The van der Waals surface area contributed by atoms with E-state index >= 15 is 0 Å². The van der Waals surface area contributed by atoms with Gasteiger partial charge in [0.2, 0.25) is 0 Å². The van der Waals surface area contributed by atoms with Crippen LogP contribution in [0.3, 0.4) is 0 Å². The largest absolute Gasteiger partial charge is 0.336 e. The molecule has 28 heavy (non-hydrogen) atoms. The third kappa shape index (κ3) is 2.71. The Morgan fingerprint density at radius 2 is 1.82 bits per heavy atom. The quantitative estimate of drug-likeness (QED) is 0.505. The van der Waals surface area contributed by atoms with E-state index in [0.29, 0.717) is 5.52 Å². The van der Waals surface area contributed by atoms with Crippen LogP contribution in [-0.4, -0.2) is 25.8 Å². The van der Waals surface area contributed by atoms with Crippen LogP contribution < -0.4 is 0 Å². The molecule has 0 unspecified atom stereocenters. The highest BCUT2D eigenvalue weighted by Crippen LogP contribution is 2.31. The fourth-order valence-electron chi connectivity index (χ4n) is 3.83. The van der Waals surface area contributed by atoms with Gasteiger partial charge in [-0.3, -0.25) is 15.0 Å². The summed E-state index contributed by atoms with van der Waals surface area (Å²) in [7, 11) is 0. The number of nitrogens with zero attached hydrogens (tertiary/aromatic N) is 4. The number of aromatic nitrogens is 3. The van der Waals surface area contributed by atoms with Crippen LogP contribution >= 0.6 is 0 Å². The summed E-state index contributed by atoms with van der Waals surface area (Å²) < 4.78 is 16.3. The molecule has 0 saturated carbocycles. The van der Waals surface area contributed by atoms with Crippen molar-refractivity contribution in [2.24, 2.45) is 4.99 Å². The fraction of sp³-hybridized carbons (Fsp3) is 0.174. The van der Waals surface area contributed by atoms with Crippen LogP contribution in [0.4, 0.5) is 4.39 Å². The second kappa shape index (κ2) is 6.09. The molecule has 0 N–H and O–H groups in total. The number of aliphatic imine (C=N–C) groups is 1. The lowest BCUT2D eigenvalue weighted by atomic mass is 9.99. The Morgan fingerprint density at radius 1 is 0.964 bits per heavy atom. The van der Waals surface area contributed by atoms with Gasteiger partial charge in [-0.2, -0.15) is 0 Å². The van der Waals surface area contributed by atoms with Gasteiger partial charge in [0.1, 0.15) is 11.3 Å². The fourth-order valence-corrected chi connectivity index (χ4v) is 3.83. The van der Waals surface area contributed by atoms with Gasteiger partial charge in [0, 0.05) is 29.9 Å². The summed E-state index contributed by atoms with van der Waals surface area (Å²) >= 11 is 0. The zero-order valence-corrected chi connectivity index (χ0v) is 15.7. The van der Waals surface area contributed by atoms with Crippen molar-refractivity contribution in [3.05, 3.63) is 84.1 Å². The van der Waals surface area contributed by atoms with Crippen LogP contribution in [-0.2, 0) is 6.54 Å². The maximum absolute atomic E-state index is 14.0. The van der Waals surface area contributed by atoms with Crippen molar-refractivity contribution >= 4 is 16.6 Å². The molecule has 1 aliphatic heterocycles. The molecule has 5 heteroatoms. The van der Waals surface area contributed by atoms with Gasteiger partial charge in [-0.1, -0.05) is 18.2 Å². The van der Waals surface area contributed by atoms with E-state index in [2.05, 4.69) is 40.5 Å². The molecule has 5 rings (SSSR count). The Bertz CT molecular complexity index is 1220. The van der Waals surface area contributed by atoms with Gasteiger partial charge >= 0.3 is 0 Å². The van der Waals surface area contributed by atoms with Gasteiger partial charge in [0.25, 0.3) is 0 Å². The number of fused-ring (bicyclic) bond motifs is 2. The lowest BCUT2D eigenvalue weighted by molar-refractivity contribution is 0.427. The minimum absolute atomic E-state index is 0.276. The minimum Gasteiger partial charge on any atom is -0.336 e. The summed E-state index contributed by atoms with van der Waals surface area (Å²) in [4.78, 5) is 13.9. The third-order valence-corrected chi connectivity index (χ3v) is 5.05. The Balaban J connectivity index is 1.69.